The SMILES string of the molecule is O=S(=O)(c1ccccc1)c1cc(-c2ccccc2)on1. The Morgan fingerprint density at radius 2 is 1.45 bits per heavy atom. The standard InChI is InChI=1S/C15H11NO3S/c17-20(18,13-9-5-2-6-10-13)15-11-14(19-16-15)12-7-3-1-4-8-12/h1-11H. The minimum Gasteiger partial charge on any atom is -0.355 e. The highest BCUT2D eigenvalue weighted by Gasteiger charge is 2.22. The molecule has 3 aromatic rings. The Kier molecular flexibility index (Phi) is 3.12. The van der Waals surface area contributed by atoms with Crippen LogP contribution in [0.25, 0.3) is 11.3 Å². The van der Waals surface area contributed by atoms with Gasteiger partial charge in [-0.05, 0) is 12.1 Å². The third-order valence-corrected chi connectivity index (χ3v) is 4.51. The Hall–Kier alpha value is -2.40. The summed E-state index contributed by atoms with van der Waals surface area (Å²) in [6, 6.07) is 18.9. The minimum absolute atomic E-state index is 0.0810. The fourth-order valence-corrected chi connectivity index (χ4v) is 3.00. The molecule has 0 bridgehead atoms. The summed E-state index contributed by atoms with van der Waals surface area (Å²) in [6.07, 6.45) is 0. The molecule has 0 atom stereocenters. The monoisotopic (exact) mass is 285 g/mol. The lowest BCUT2D eigenvalue weighted by atomic mass is 10.2. The number of nitrogens with zero attached hydrogens (tertiary/aromatic N) is 1. The number of hydrogen-bond donors (Lipinski definition) is 0. The highest BCUT2D eigenvalue weighted by molar-refractivity contribution is 7.91. The number of benzene rings is 2. The molecule has 0 saturated carbocycles. The zero-order chi connectivity index (χ0) is 14.0. The van der Waals surface area contributed by atoms with Gasteiger partial charge in [0.05, 0.1) is 4.90 Å². The quantitative estimate of drug-likeness (QED) is 0.741. The number of rotatable bonds is 3. The zero-order valence-corrected chi connectivity index (χ0v) is 11.2. The average Bonchev–Trinajstić information content (AvgIpc) is 3.00. The summed E-state index contributed by atoms with van der Waals surface area (Å²) in [5.41, 5.74) is 0.787. The summed E-state index contributed by atoms with van der Waals surface area (Å²) in [7, 11) is -3.63. The van der Waals surface area contributed by atoms with Gasteiger partial charge in [0.15, 0.2) is 5.76 Å². The average molecular weight is 285 g/mol. The molecule has 3 rings (SSSR count). The van der Waals surface area contributed by atoms with E-state index in [0.29, 0.717) is 5.76 Å². The van der Waals surface area contributed by atoms with Crippen LogP contribution in [-0.4, -0.2) is 13.6 Å². The fourth-order valence-electron chi connectivity index (χ4n) is 1.84. The Balaban J connectivity index is 2.03. The smallest absolute Gasteiger partial charge is 0.227 e. The summed E-state index contributed by atoms with van der Waals surface area (Å²) in [5.74, 6) is 0.431. The second kappa shape index (κ2) is 4.94. The predicted octanol–water partition coefficient (Wildman–Crippen LogP) is 3.17. The lowest BCUT2D eigenvalue weighted by Gasteiger charge is -1.98. The van der Waals surface area contributed by atoms with Gasteiger partial charge in [0.1, 0.15) is 0 Å². The van der Waals surface area contributed by atoms with E-state index in [9.17, 15) is 8.42 Å². The second-order valence-corrected chi connectivity index (χ2v) is 6.11. The van der Waals surface area contributed by atoms with Gasteiger partial charge in [-0.3, -0.25) is 0 Å². The van der Waals surface area contributed by atoms with Gasteiger partial charge in [-0.15, -0.1) is 0 Å². The molecule has 0 saturated heterocycles. The van der Waals surface area contributed by atoms with E-state index in [-0.39, 0.29) is 9.92 Å². The topological polar surface area (TPSA) is 60.2 Å². The van der Waals surface area contributed by atoms with Crippen LogP contribution in [0.15, 0.2) is 81.2 Å². The molecule has 0 aliphatic rings. The van der Waals surface area contributed by atoms with Crippen LogP contribution in [0.5, 0.6) is 0 Å². The van der Waals surface area contributed by atoms with Crippen LogP contribution in [0.3, 0.4) is 0 Å². The van der Waals surface area contributed by atoms with Crippen LogP contribution in [0, 0.1) is 0 Å². The van der Waals surface area contributed by atoms with Crippen LogP contribution in [-0.2, 0) is 9.84 Å². The lowest BCUT2D eigenvalue weighted by molar-refractivity contribution is 0.412. The van der Waals surface area contributed by atoms with Crippen LogP contribution < -0.4 is 0 Å². The zero-order valence-electron chi connectivity index (χ0n) is 10.4. The molecule has 20 heavy (non-hydrogen) atoms. The van der Waals surface area contributed by atoms with E-state index in [4.69, 9.17) is 4.52 Å². The van der Waals surface area contributed by atoms with E-state index in [1.165, 1.54) is 18.2 Å². The van der Waals surface area contributed by atoms with E-state index >= 15 is 0 Å². The maximum atomic E-state index is 12.4. The first kappa shape index (κ1) is 12.6. The number of aromatic nitrogens is 1. The van der Waals surface area contributed by atoms with Crippen molar-refractivity contribution in [3.8, 4) is 11.3 Å². The van der Waals surface area contributed by atoms with Crippen molar-refractivity contribution >= 4 is 9.84 Å². The van der Waals surface area contributed by atoms with E-state index in [0.717, 1.165) is 5.56 Å². The number of sulfone groups is 1. The van der Waals surface area contributed by atoms with Crippen molar-refractivity contribution in [2.45, 2.75) is 9.92 Å². The molecular weight excluding hydrogens is 274 g/mol. The maximum absolute atomic E-state index is 12.4. The van der Waals surface area contributed by atoms with Crippen molar-refractivity contribution < 1.29 is 12.9 Å². The normalized spacial score (nSPS) is 11.4. The summed E-state index contributed by atoms with van der Waals surface area (Å²) >= 11 is 0. The third kappa shape index (κ3) is 2.23. The maximum Gasteiger partial charge on any atom is 0.227 e. The third-order valence-electron chi connectivity index (χ3n) is 2.88. The molecule has 0 unspecified atom stereocenters. The van der Waals surface area contributed by atoms with Gasteiger partial charge in [-0.2, -0.15) is 0 Å². The molecular formula is C15H11NO3S. The van der Waals surface area contributed by atoms with Crippen molar-refractivity contribution in [1.82, 2.24) is 5.16 Å². The molecule has 100 valence electrons. The van der Waals surface area contributed by atoms with Gasteiger partial charge < -0.3 is 4.52 Å². The van der Waals surface area contributed by atoms with Gasteiger partial charge in [-0.25, -0.2) is 8.42 Å². The molecule has 0 aliphatic heterocycles. The Labute approximate surface area is 116 Å². The highest BCUT2D eigenvalue weighted by Crippen LogP contribution is 2.25. The van der Waals surface area contributed by atoms with Crippen molar-refractivity contribution in [2.24, 2.45) is 0 Å². The van der Waals surface area contributed by atoms with Crippen molar-refractivity contribution in [1.29, 1.82) is 0 Å². The lowest BCUT2D eigenvalue weighted by Crippen LogP contribution is -2.01. The molecule has 1 aromatic heterocycles. The molecule has 5 heteroatoms. The molecule has 0 aliphatic carbocycles. The fraction of sp³-hybridized carbons (Fsp3) is 0. The largest absolute Gasteiger partial charge is 0.355 e. The first-order valence-electron chi connectivity index (χ1n) is 6.00. The Bertz CT molecular complexity index is 809. The van der Waals surface area contributed by atoms with Crippen LogP contribution in [0.4, 0.5) is 0 Å². The molecule has 0 radical (unpaired) electrons. The van der Waals surface area contributed by atoms with Crippen molar-refractivity contribution in [3.05, 3.63) is 66.7 Å². The van der Waals surface area contributed by atoms with E-state index < -0.39 is 9.84 Å². The predicted molar refractivity (Wildman–Crippen MR) is 73.8 cm³/mol. The minimum atomic E-state index is -3.63. The molecule has 0 amide bonds. The first-order chi connectivity index (χ1) is 9.68. The summed E-state index contributed by atoms with van der Waals surface area (Å²) in [4.78, 5) is 0.202. The van der Waals surface area contributed by atoms with Crippen LogP contribution >= 0.6 is 0 Å². The molecule has 2 aromatic carbocycles. The molecule has 1 heterocycles. The first-order valence-corrected chi connectivity index (χ1v) is 7.48. The summed E-state index contributed by atoms with van der Waals surface area (Å²) < 4.78 is 29.8. The Morgan fingerprint density at radius 1 is 0.850 bits per heavy atom. The van der Waals surface area contributed by atoms with Crippen molar-refractivity contribution in [2.75, 3.05) is 0 Å². The van der Waals surface area contributed by atoms with Gasteiger partial charge in [0.2, 0.25) is 14.9 Å². The second-order valence-electron chi connectivity index (χ2n) is 4.21. The van der Waals surface area contributed by atoms with E-state index in [2.05, 4.69) is 5.16 Å². The molecule has 0 N–H and O–H groups in total. The van der Waals surface area contributed by atoms with Gasteiger partial charge in [0, 0.05) is 11.6 Å². The highest BCUT2D eigenvalue weighted by atomic mass is 32.2. The summed E-state index contributed by atoms with van der Waals surface area (Å²) in [6.45, 7) is 0. The van der Waals surface area contributed by atoms with E-state index in [1.807, 2.05) is 30.3 Å². The molecule has 4 nitrogen and oxygen atoms in total. The van der Waals surface area contributed by atoms with Gasteiger partial charge in [-0.1, -0.05) is 53.7 Å². The molecule has 0 fully saturated rings. The van der Waals surface area contributed by atoms with E-state index in [1.54, 1.807) is 18.2 Å². The summed E-state index contributed by atoms with van der Waals surface area (Å²) in [5, 5.41) is 3.60. The van der Waals surface area contributed by atoms with Crippen molar-refractivity contribution in [3.63, 3.8) is 0 Å². The molecule has 0 spiro atoms. The number of hydrogen-bond acceptors (Lipinski definition) is 4. The van der Waals surface area contributed by atoms with Gasteiger partial charge >= 0.3 is 0 Å². The van der Waals surface area contributed by atoms with Crippen LogP contribution in [0.1, 0.15) is 0 Å². The Morgan fingerprint density at radius 3 is 2.10 bits per heavy atom. The van der Waals surface area contributed by atoms with Crippen LogP contribution in [0.2, 0.25) is 0 Å². The van der Waals surface area contributed by atoms with Gasteiger partial charge in [0.25, 0.3) is 0 Å².